The predicted octanol–water partition coefficient (Wildman–Crippen LogP) is 2.61. The summed E-state index contributed by atoms with van der Waals surface area (Å²) >= 11 is 1.55. The number of hydrogen-bond donors (Lipinski definition) is 1. The molecule has 3 heterocycles. The van der Waals surface area contributed by atoms with Crippen molar-refractivity contribution in [2.75, 3.05) is 11.5 Å². The highest BCUT2D eigenvalue weighted by Gasteiger charge is 2.32. The summed E-state index contributed by atoms with van der Waals surface area (Å²) in [5.41, 5.74) is 0.927. The molecule has 1 fully saturated rings. The third-order valence-corrected chi connectivity index (χ3v) is 7.03. The Morgan fingerprint density at radius 2 is 2.12 bits per heavy atom. The molecule has 1 N–H and O–H groups in total. The number of carbonyl (C=O) groups is 1. The van der Waals surface area contributed by atoms with E-state index in [-0.39, 0.29) is 24.0 Å². The zero-order valence-corrected chi connectivity index (χ0v) is 14.9. The first kappa shape index (κ1) is 16.3. The van der Waals surface area contributed by atoms with Gasteiger partial charge in [0.15, 0.2) is 20.6 Å². The average molecular weight is 376 g/mol. The molecule has 0 saturated carbocycles. The number of para-hydroxylation sites is 1. The lowest BCUT2D eigenvalue weighted by atomic mass is 10.1. The largest absolute Gasteiger partial charge is 0.457 e. The van der Waals surface area contributed by atoms with Gasteiger partial charge in [-0.25, -0.2) is 13.4 Å². The van der Waals surface area contributed by atoms with Crippen molar-refractivity contribution >= 4 is 37.3 Å². The molecule has 8 heteroatoms. The van der Waals surface area contributed by atoms with Gasteiger partial charge in [-0.3, -0.25) is 4.79 Å². The van der Waals surface area contributed by atoms with E-state index >= 15 is 0 Å². The Labute approximate surface area is 148 Å². The van der Waals surface area contributed by atoms with Crippen LogP contribution < -0.4 is 5.32 Å². The molecule has 1 aliphatic heterocycles. The molecule has 0 bridgehead atoms. The van der Waals surface area contributed by atoms with Crippen LogP contribution in [0.15, 0.2) is 40.8 Å². The van der Waals surface area contributed by atoms with Crippen molar-refractivity contribution in [3.05, 3.63) is 42.2 Å². The molecule has 0 radical (unpaired) electrons. The molecule has 0 unspecified atom stereocenters. The second-order valence-electron chi connectivity index (χ2n) is 6.07. The Morgan fingerprint density at radius 1 is 1.28 bits per heavy atom. The fourth-order valence-corrected chi connectivity index (χ4v) is 5.55. The fraction of sp³-hybridized carbons (Fsp3) is 0.294. The number of benzene rings is 1. The van der Waals surface area contributed by atoms with Gasteiger partial charge in [-0.15, -0.1) is 11.3 Å². The second kappa shape index (κ2) is 6.27. The first-order valence-corrected chi connectivity index (χ1v) is 10.6. The molecule has 1 aromatic carbocycles. The summed E-state index contributed by atoms with van der Waals surface area (Å²) in [7, 11) is -3.06. The van der Waals surface area contributed by atoms with E-state index < -0.39 is 15.8 Å². The molecule has 130 valence electrons. The predicted molar refractivity (Wildman–Crippen MR) is 95.9 cm³/mol. The number of furan rings is 1. The minimum Gasteiger partial charge on any atom is -0.457 e. The van der Waals surface area contributed by atoms with E-state index in [9.17, 15) is 13.2 Å². The van der Waals surface area contributed by atoms with Crippen LogP contribution in [0.1, 0.15) is 12.2 Å². The first-order valence-electron chi connectivity index (χ1n) is 7.93. The lowest BCUT2D eigenvalue weighted by Gasteiger charge is -2.07. The molecule has 6 nitrogen and oxygen atoms in total. The van der Waals surface area contributed by atoms with E-state index in [4.69, 9.17) is 4.42 Å². The number of carbonyl (C=O) groups excluding carboxylic acids is 1. The van der Waals surface area contributed by atoms with Crippen molar-refractivity contribution in [2.24, 2.45) is 5.92 Å². The topological polar surface area (TPSA) is 89.3 Å². The maximum Gasteiger partial charge on any atom is 0.224 e. The highest BCUT2D eigenvalue weighted by Crippen LogP contribution is 2.31. The summed E-state index contributed by atoms with van der Waals surface area (Å²) in [6.45, 7) is 0.236. The van der Waals surface area contributed by atoms with Crippen molar-refractivity contribution in [2.45, 2.75) is 13.0 Å². The van der Waals surface area contributed by atoms with Crippen LogP contribution in [-0.4, -0.2) is 30.8 Å². The normalized spacial score (nSPS) is 19.3. The average Bonchev–Trinajstić information content (AvgIpc) is 3.29. The molecule has 1 amide bonds. The summed E-state index contributed by atoms with van der Waals surface area (Å²) < 4.78 is 29.8. The summed E-state index contributed by atoms with van der Waals surface area (Å²) in [4.78, 5) is 16.6. The van der Waals surface area contributed by atoms with Gasteiger partial charge in [-0.1, -0.05) is 12.1 Å². The van der Waals surface area contributed by atoms with E-state index in [1.54, 1.807) is 17.4 Å². The molecule has 0 spiro atoms. The summed E-state index contributed by atoms with van der Waals surface area (Å²) in [6, 6.07) is 11.5. The van der Waals surface area contributed by atoms with Gasteiger partial charge >= 0.3 is 0 Å². The van der Waals surface area contributed by atoms with Crippen LogP contribution in [0.3, 0.4) is 0 Å². The second-order valence-corrected chi connectivity index (χ2v) is 9.33. The number of nitrogens with one attached hydrogen (secondary N) is 1. The molecule has 25 heavy (non-hydrogen) atoms. The van der Waals surface area contributed by atoms with Crippen molar-refractivity contribution in [1.82, 2.24) is 10.3 Å². The maximum atomic E-state index is 12.1. The lowest BCUT2D eigenvalue weighted by Crippen LogP contribution is -2.30. The Balaban J connectivity index is 1.42. The zero-order chi connectivity index (χ0) is 17.4. The number of hydrogen-bond acceptors (Lipinski definition) is 6. The van der Waals surface area contributed by atoms with Crippen LogP contribution >= 0.6 is 11.3 Å². The minimum absolute atomic E-state index is 0.0616. The Kier molecular flexibility index (Phi) is 4.09. The van der Waals surface area contributed by atoms with Crippen LogP contribution in [0, 0.1) is 5.92 Å². The molecule has 4 rings (SSSR count). The molecule has 1 aliphatic rings. The van der Waals surface area contributed by atoms with Gasteiger partial charge in [0.25, 0.3) is 0 Å². The quantitative estimate of drug-likeness (QED) is 0.756. The smallest absolute Gasteiger partial charge is 0.224 e. The van der Waals surface area contributed by atoms with Crippen LogP contribution in [-0.2, 0) is 21.2 Å². The SMILES string of the molecule is O=C(NCc1ccc(-c2nc3ccccc3s2)o1)[C@H]1CCS(=O)(=O)C1. The number of fused-ring (bicyclic) bond motifs is 1. The van der Waals surface area contributed by atoms with E-state index in [0.29, 0.717) is 17.9 Å². The zero-order valence-electron chi connectivity index (χ0n) is 13.3. The fourth-order valence-electron chi connectivity index (χ4n) is 2.89. The van der Waals surface area contributed by atoms with Crippen molar-refractivity contribution in [1.29, 1.82) is 0 Å². The van der Waals surface area contributed by atoms with E-state index in [1.807, 2.05) is 30.3 Å². The minimum atomic E-state index is -3.06. The number of nitrogens with zero attached hydrogens (tertiary/aromatic N) is 1. The van der Waals surface area contributed by atoms with Crippen molar-refractivity contribution in [3.8, 4) is 10.8 Å². The van der Waals surface area contributed by atoms with E-state index in [0.717, 1.165) is 15.2 Å². The summed E-state index contributed by atoms with van der Waals surface area (Å²) in [6.07, 6.45) is 0.392. The van der Waals surface area contributed by atoms with Crippen LogP contribution in [0.2, 0.25) is 0 Å². The Bertz CT molecular complexity index is 1000. The molecule has 2 aromatic heterocycles. The third-order valence-electron chi connectivity index (χ3n) is 4.21. The standard InChI is InChI=1S/C17H16N2O4S2/c20-16(11-7-8-25(21,22)10-11)18-9-12-5-6-14(23-12)17-19-13-3-1-2-4-15(13)24-17/h1-6,11H,7-10H2,(H,18,20)/t11-/m0/s1. The van der Waals surface area contributed by atoms with Gasteiger partial charge in [0.1, 0.15) is 5.76 Å². The van der Waals surface area contributed by atoms with E-state index in [1.165, 1.54) is 0 Å². The van der Waals surface area contributed by atoms with Crippen LogP contribution in [0.4, 0.5) is 0 Å². The Morgan fingerprint density at radius 3 is 2.88 bits per heavy atom. The summed E-state index contributed by atoms with van der Waals surface area (Å²) in [5.74, 6) is 0.613. The van der Waals surface area contributed by atoms with Crippen LogP contribution in [0.25, 0.3) is 21.0 Å². The maximum absolute atomic E-state index is 12.1. The van der Waals surface area contributed by atoms with Gasteiger partial charge in [0, 0.05) is 0 Å². The molecule has 3 aromatic rings. The first-order chi connectivity index (χ1) is 12.0. The molecule has 0 aliphatic carbocycles. The highest BCUT2D eigenvalue weighted by molar-refractivity contribution is 7.91. The molecular formula is C17H16N2O4S2. The number of thiazole rings is 1. The van der Waals surface area contributed by atoms with Crippen molar-refractivity contribution in [3.63, 3.8) is 0 Å². The van der Waals surface area contributed by atoms with Crippen molar-refractivity contribution < 1.29 is 17.6 Å². The van der Waals surface area contributed by atoms with Gasteiger partial charge in [-0.2, -0.15) is 0 Å². The van der Waals surface area contributed by atoms with Gasteiger partial charge < -0.3 is 9.73 Å². The van der Waals surface area contributed by atoms with Crippen LogP contribution in [0.5, 0.6) is 0 Å². The van der Waals surface area contributed by atoms with Gasteiger partial charge in [0.2, 0.25) is 5.91 Å². The molecule has 1 atom stereocenters. The monoisotopic (exact) mass is 376 g/mol. The number of sulfone groups is 1. The summed E-state index contributed by atoms with van der Waals surface area (Å²) in [5, 5.41) is 3.55. The van der Waals surface area contributed by atoms with Gasteiger partial charge in [0.05, 0.1) is 34.2 Å². The van der Waals surface area contributed by atoms with Gasteiger partial charge in [-0.05, 0) is 30.7 Å². The third kappa shape index (κ3) is 3.45. The highest BCUT2D eigenvalue weighted by atomic mass is 32.2. The lowest BCUT2D eigenvalue weighted by molar-refractivity contribution is -0.124. The number of amides is 1. The molecular weight excluding hydrogens is 360 g/mol. The van der Waals surface area contributed by atoms with E-state index in [2.05, 4.69) is 10.3 Å². The number of rotatable bonds is 4. The molecule has 1 saturated heterocycles. The number of aromatic nitrogens is 1. The Hall–Kier alpha value is -2.19.